The van der Waals surface area contributed by atoms with Gasteiger partial charge in [-0.15, -0.1) is 22.7 Å². The van der Waals surface area contributed by atoms with Gasteiger partial charge in [-0.2, -0.15) is 0 Å². The normalized spacial score (nSPS) is 14.4. The Hall–Kier alpha value is -6.20. The van der Waals surface area contributed by atoms with Crippen LogP contribution in [0.3, 0.4) is 0 Å². The summed E-state index contributed by atoms with van der Waals surface area (Å²) in [4.78, 5) is 80.8. The van der Waals surface area contributed by atoms with Crippen LogP contribution in [-0.4, -0.2) is 132 Å². The summed E-state index contributed by atoms with van der Waals surface area (Å²) in [5, 5.41) is 52.2. The van der Waals surface area contributed by atoms with Crippen molar-refractivity contribution in [3.8, 4) is 10.7 Å². The molecule has 408 valence electrons. The minimum Gasteiger partial charge on any atom is -1.00 e. The number of nitrogens with zero attached hydrogens (tertiary/aromatic N) is 4. The van der Waals surface area contributed by atoms with Gasteiger partial charge in [-0.05, 0) is 62.2 Å². The molecule has 22 heteroatoms. The monoisotopic (exact) mass is 1120 g/mol. The molecule has 0 fully saturated rings. The first-order chi connectivity index (χ1) is 35.7. The van der Waals surface area contributed by atoms with Gasteiger partial charge in [-0.25, -0.2) is 19.7 Å². The molecule has 0 unspecified atom stereocenters. The Morgan fingerprint density at radius 3 is 1.87 bits per heavy atom. The maximum atomic E-state index is 14.3. The summed E-state index contributed by atoms with van der Waals surface area (Å²) in [5.41, 5.74) is 1.60. The van der Waals surface area contributed by atoms with Crippen molar-refractivity contribution in [2.45, 2.75) is 102 Å². The van der Waals surface area contributed by atoms with Crippen LogP contribution >= 0.6 is 22.7 Å². The summed E-state index contributed by atoms with van der Waals surface area (Å²) in [6.45, 7) is 9.80. The first-order valence-electron chi connectivity index (χ1n) is 24.5. The molecule has 0 aliphatic heterocycles. The Kier molecular flexibility index (Phi) is 22.1. The zero-order valence-electron chi connectivity index (χ0n) is 43.7. The number of hydrogen-bond acceptors (Lipinski definition) is 14. The zero-order chi connectivity index (χ0) is 54.5. The highest BCUT2D eigenvalue weighted by molar-refractivity contribution is 7.95. The fourth-order valence-electron chi connectivity index (χ4n) is 8.31. The van der Waals surface area contributed by atoms with Gasteiger partial charge in [0.2, 0.25) is 17.7 Å². The third kappa shape index (κ3) is 15.7. The van der Waals surface area contributed by atoms with E-state index in [0.29, 0.717) is 45.3 Å². The van der Waals surface area contributed by atoms with Gasteiger partial charge < -0.3 is 63.6 Å². The van der Waals surface area contributed by atoms with E-state index in [-0.39, 0.29) is 30.6 Å². The Balaban J connectivity index is 0.0000107. The number of aromatic nitrogens is 4. The molecule has 0 saturated heterocycles. The summed E-state index contributed by atoms with van der Waals surface area (Å²) in [6, 6.07) is 25.0. The van der Waals surface area contributed by atoms with Gasteiger partial charge in [0, 0.05) is 42.9 Å². The van der Waals surface area contributed by atoms with E-state index < -0.39 is 77.3 Å². The lowest BCUT2D eigenvalue weighted by atomic mass is 9.77. The Morgan fingerprint density at radius 1 is 0.724 bits per heavy atom. The molecule has 0 aliphatic carbocycles. The van der Waals surface area contributed by atoms with E-state index in [2.05, 4.69) is 54.0 Å². The van der Waals surface area contributed by atoms with Crippen LogP contribution in [0, 0.1) is 5.92 Å². The molecule has 76 heavy (non-hydrogen) atoms. The predicted octanol–water partition coefficient (Wildman–Crippen LogP) is 1.96. The molecule has 6 rings (SSSR count). The first kappa shape index (κ1) is 60.7. The lowest BCUT2D eigenvalue weighted by Crippen LogP contribution is -3.00. The van der Waals surface area contributed by atoms with Crippen molar-refractivity contribution >= 4 is 63.3 Å². The number of rotatable bonds is 24. The molecular formula is C54H68ClN9O9S3. The van der Waals surface area contributed by atoms with E-state index in [0.717, 1.165) is 28.9 Å². The highest BCUT2D eigenvalue weighted by Crippen LogP contribution is 2.41. The Bertz CT molecular complexity index is 2730. The van der Waals surface area contributed by atoms with Crippen LogP contribution in [0.4, 0.5) is 4.79 Å². The number of carbonyl (C=O) groups is 5. The summed E-state index contributed by atoms with van der Waals surface area (Å²) < 4.78 is 7.33. The molecule has 3 aromatic carbocycles. The van der Waals surface area contributed by atoms with Crippen LogP contribution in [0.5, 0.6) is 0 Å². The quantitative estimate of drug-likeness (QED) is 0.0246. The molecule has 18 nitrogen and oxygen atoms in total. The molecule has 8 N–H and O–H groups in total. The second-order valence-corrected chi connectivity index (χ2v) is 23.6. The second kappa shape index (κ2) is 27.7. The predicted molar refractivity (Wildman–Crippen MR) is 292 cm³/mol. The third-order valence-electron chi connectivity index (χ3n) is 12.2. The summed E-state index contributed by atoms with van der Waals surface area (Å²) in [5.74, 6) is -2.84. The molecule has 0 radical (unpaired) electrons. The number of amides is 5. The molecular weight excluding hydrogens is 1050 g/mol. The minimum atomic E-state index is -1.76. The molecule has 0 bridgehead atoms. The van der Waals surface area contributed by atoms with Gasteiger partial charge in [0.05, 0.1) is 53.7 Å². The van der Waals surface area contributed by atoms with Crippen LogP contribution in [0.2, 0.25) is 0 Å². The number of aliphatic hydroxyl groups is 3. The standard InChI is InChI=1S/C54H67N9O9S3.ClH/c1-33(47(67)61-43(35(3)64)49(69)56-27-25-42-59-41(31-73-42)51-60-40(30-74-51)48(68)55-26-18-28-75(7)8)45(65)34(2)58-50(70)44(62-52(71)72-53(4,5)6)46(66)39-29-63(32-57-39)54(36-19-12-9-13-20-36,37-21-14-10-15-22-37)38-23-16-11-17-24-38;/h9-17,19-24,29-35,43-46,64-66H,18,25-28H2,1-8H3,(H4-,55,56,58,61,62,67,68,69,70,71);1H/t33-,34+,35+,43-,44-,45-,46-;/m0./s1. The number of halogens is 1. The van der Waals surface area contributed by atoms with Gasteiger partial charge in [0.1, 0.15) is 51.5 Å². The first-order valence-corrected chi connectivity index (χ1v) is 28.5. The number of thiazole rings is 2. The van der Waals surface area contributed by atoms with Crippen molar-refractivity contribution in [2.24, 2.45) is 5.92 Å². The Labute approximate surface area is 460 Å². The van der Waals surface area contributed by atoms with Crippen molar-refractivity contribution in [3.05, 3.63) is 147 Å². The van der Waals surface area contributed by atoms with Gasteiger partial charge in [0.25, 0.3) is 5.91 Å². The van der Waals surface area contributed by atoms with Gasteiger partial charge >= 0.3 is 6.09 Å². The van der Waals surface area contributed by atoms with Crippen molar-refractivity contribution in [3.63, 3.8) is 0 Å². The molecule has 0 aliphatic rings. The number of carbonyl (C=O) groups excluding carboxylic acids is 5. The average Bonchev–Trinajstić information content (AvgIpc) is 4.19. The molecule has 7 atom stereocenters. The van der Waals surface area contributed by atoms with E-state index in [1.807, 2.05) is 101 Å². The second-order valence-electron chi connectivity index (χ2n) is 19.4. The van der Waals surface area contributed by atoms with Gasteiger partial charge in [0.15, 0.2) is 0 Å². The number of benzene rings is 3. The lowest BCUT2D eigenvalue weighted by Gasteiger charge is -2.37. The molecule has 3 heterocycles. The van der Waals surface area contributed by atoms with Gasteiger partial charge in [-0.3, -0.25) is 19.2 Å². The van der Waals surface area contributed by atoms with E-state index in [1.54, 1.807) is 38.7 Å². The Morgan fingerprint density at radius 2 is 1.32 bits per heavy atom. The number of ether oxygens (including phenoxy) is 1. The highest BCUT2D eigenvalue weighted by Gasteiger charge is 2.41. The number of imidazole rings is 1. The molecule has 6 aromatic rings. The van der Waals surface area contributed by atoms with Crippen molar-refractivity contribution in [1.29, 1.82) is 0 Å². The topological polar surface area (TPSA) is 259 Å². The fraction of sp³-hybridized carbons (Fsp3) is 0.407. The van der Waals surface area contributed by atoms with Crippen LogP contribution in [0.15, 0.2) is 114 Å². The SMILES string of the molecule is C[C@H](C(=O)N[C@H](C(=O)NCCc1nc(-c2nc(C(=O)NCCC[S+](C)C)cs2)cs1)[C@@H](C)O)[C@H](O)[C@@H](C)NC(=O)[C@@H](NC(=O)OC(C)(C)C)[C@@H](O)c1cn(C(c2ccccc2)(c2ccccc2)c2ccccc2)cn1.[Cl-]. The summed E-state index contributed by atoms with van der Waals surface area (Å²) in [6.07, 6.45) is 3.04. The van der Waals surface area contributed by atoms with Crippen LogP contribution in [0.1, 0.15) is 91.9 Å². The fourth-order valence-corrected chi connectivity index (χ4v) is 10.6. The largest absolute Gasteiger partial charge is 1.00 e. The number of nitrogens with one attached hydrogen (secondary N) is 5. The molecule has 0 saturated carbocycles. The number of alkyl carbamates (subject to hydrolysis) is 1. The van der Waals surface area contributed by atoms with Crippen molar-refractivity contribution in [2.75, 3.05) is 31.4 Å². The van der Waals surface area contributed by atoms with E-state index in [1.165, 1.54) is 43.4 Å². The third-order valence-corrected chi connectivity index (χ3v) is 15.0. The maximum Gasteiger partial charge on any atom is 0.408 e. The van der Waals surface area contributed by atoms with E-state index in [9.17, 15) is 39.3 Å². The molecule has 0 spiro atoms. The van der Waals surface area contributed by atoms with Crippen molar-refractivity contribution < 1.29 is 56.4 Å². The molecule has 5 amide bonds. The van der Waals surface area contributed by atoms with Gasteiger partial charge in [-0.1, -0.05) is 97.9 Å². The smallest absolute Gasteiger partial charge is 0.408 e. The van der Waals surface area contributed by atoms with Crippen LogP contribution in [-0.2, 0) is 42.0 Å². The average molecular weight is 1120 g/mol. The number of hydrogen-bond donors (Lipinski definition) is 8. The van der Waals surface area contributed by atoms with Crippen LogP contribution in [0.25, 0.3) is 10.7 Å². The molecule has 3 aromatic heterocycles. The van der Waals surface area contributed by atoms with Crippen LogP contribution < -0.4 is 39.0 Å². The number of aliphatic hydroxyl groups excluding tert-OH is 3. The van der Waals surface area contributed by atoms with Crippen molar-refractivity contribution in [1.82, 2.24) is 46.1 Å². The van der Waals surface area contributed by atoms with E-state index >= 15 is 0 Å². The minimum absolute atomic E-state index is 0. The zero-order valence-corrected chi connectivity index (χ0v) is 46.9. The summed E-state index contributed by atoms with van der Waals surface area (Å²) in [7, 11) is 0.307. The highest BCUT2D eigenvalue weighted by atomic mass is 35.5. The lowest BCUT2D eigenvalue weighted by molar-refractivity contribution is -0.136. The maximum absolute atomic E-state index is 14.3. The van der Waals surface area contributed by atoms with E-state index in [4.69, 9.17) is 4.74 Å². The summed E-state index contributed by atoms with van der Waals surface area (Å²) >= 11 is 2.67.